The van der Waals surface area contributed by atoms with Crippen LogP contribution in [0.2, 0.25) is 0 Å². The van der Waals surface area contributed by atoms with Gasteiger partial charge in [0.2, 0.25) is 0 Å². The van der Waals surface area contributed by atoms with Gasteiger partial charge in [0.25, 0.3) is 0 Å². The maximum Gasteiger partial charge on any atom is 0.0992 e. The van der Waals surface area contributed by atoms with E-state index in [9.17, 15) is 0 Å². The molecule has 3 aromatic rings. The molecule has 0 aliphatic heterocycles. The third kappa shape index (κ3) is 3.11. The van der Waals surface area contributed by atoms with Crippen molar-refractivity contribution >= 4 is 38.6 Å². The molecule has 0 fully saturated rings. The molecular weight excluding hydrogens is 340 g/mol. The minimum absolute atomic E-state index is 0.825. The van der Waals surface area contributed by atoms with Crippen molar-refractivity contribution in [2.75, 3.05) is 0 Å². The highest BCUT2D eigenvalue weighted by molar-refractivity contribution is 9.10. The van der Waals surface area contributed by atoms with Crippen LogP contribution >= 0.6 is 38.6 Å². The van der Waals surface area contributed by atoms with Crippen molar-refractivity contribution in [1.82, 2.24) is 9.97 Å². The topological polar surface area (TPSA) is 25.8 Å². The highest BCUT2D eigenvalue weighted by Crippen LogP contribution is 2.25. The molecule has 0 unspecified atom stereocenters. The van der Waals surface area contributed by atoms with Crippen LogP contribution in [0.3, 0.4) is 0 Å². The van der Waals surface area contributed by atoms with E-state index in [-0.39, 0.29) is 0 Å². The van der Waals surface area contributed by atoms with Crippen molar-refractivity contribution in [2.45, 2.75) is 13.3 Å². The zero-order chi connectivity index (χ0) is 13.2. The number of aryl methyl sites for hydroxylation is 1. The van der Waals surface area contributed by atoms with Gasteiger partial charge in [0, 0.05) is 27.2 Å². The Morgan fingerprint density at radius 3 is 2.53 bits per heavy atom. The van der Waals surface area contributed by atoms with Crippen molar-refractivity contribution in [2.24, 2.45) is 0 Å². The van der Waals surface area contributed by atoms with Gasteiger partial charge >= 0.3 is 0 Å². The monoisotopic (exact) mass is 350 g/mol. The molecule has 0 saturated carbocycles. The van der Waals surface area contributed by atoms with Crippen molar-refractivity contribution in [1.29, 1.82) is 0 Å². The molecule has 5 heteroatoms. The predicted octanol–water partition coefficient (Wildman–Crippen LogP) is 4.93. The van der Waals surface area contributed by atoms with E-state index >= 15 is 0 Å². The first-order valence-electron chi connectivity index (χ1n) is 5.82. The average molecular weight is 351 g/mol. The van der Waals surface area contributed by atoms with Gasteiger partial charge in [0.15, 0.2) is 0 Å². The van der Waals surface area contributed by atoms with E-state index in [2.05, 4.69) is 48.8 Å². The highest BCUT2D eigenvalue weighted by atomic mass is 79.9. The Labute approximate surface area is 128 Å². The van der Waals surface area contributed by atoms with Gasteiger partial charge in [0.1, 0.15) is 0 Å². The Kier molecular flexibility index (Phi) is 3.77. The fourth-order valence-corrected chi connectivity index (χ4v) is 3.49. The van der Waals surface area contributed by atoms with Crippen LogP contribution in [0.5, 0.6) is 0 Å². The molecule has 3 rings (SSSR count). The highest BCUT2D eigenvalue weighted by Gasteiger charge is 2.07. The van der Waals surface area contributed by atoms with E-state index in [0.29, 0.717) is 0 Å². The standard InChI is InChI=1S/C14H11BrN2S2/c1-9-16-12(7-18-9)6-14-17-13(8-19-14)10-2-4-11(15)5-3-10/h2-5,7-8H,6H2,1H3. The Morgan fingerprint density at radius 2 is 1.84 bits per heavy atom. The Hall–Kier alpha value is -1.04. The summed E-state index contributed by atoms with van der Waals surface area (Å²) in [5.74, 6) is 0. The second-order valence-electron chi connectivity index (χ2n) is 4.17. The summed E-state index contributed by atoms with van der Waals surface area (Å²) in [5, 5.41) is 6.44. The lowest BCUT2D eigenvalue weighted by Gasteiger charge is -1.96. The van der Waals surface area contributed by atoms with Gasteiger partial charge in [-0.15, -0.1) is 22.7 Å². The van der Waals surface area contributed by atoms with Gasteiger partial charge in [-0.3, -0.25) is 0 Å². The lowest BCUT2D eigenvalue weighted by molar-refractivity contribution is 1.06. The first kappa shape index (κ1) is 13.0. The molecule has 0 atom stereocenters. The largest absolute Gasteiger partial charge is 0.246 e. The number of thiazole rings is 2. The summed E-state index contributed by atoms with van der Waals surface area (Å²) >= 11 is 6.83. The Bertz CT molecular complexity index is 686. The fourth-order valence-electron chi connectivity index (χ4n) is 1.79. The van der Waals surface area contributed by atoms with Crippen LogP contribution in [0, 0.1) is 6.92 Å². The molecule has 0 amide bonds. The zero-order valence-corrected chi connectivity index (χ0v) is 13.5. The second-order valence-corrected chi connectivity index (χ2v) is 7.09. The molecule has 0 saturated heterocycles. The zero-order valence-electron chi connectivity index (χ0n) is 10.3. The molecule has 2 aromatic heterocycles. The number of hydrogen-bond donors (Lipinski definition) is 0. The first-order chi connectivity index (χ1) is 9.20. The molecule has 0 aliphatic carbocycles. The number of halogens is 1. The van der Waals surface area contributed by atoms with Crippen LogP contribution in [0.25, 0.3) is 11.3 Å². The van der Waals surface area contributed by atoms with Crippen LogP contribution in [0.1, 0.15) is 15.7 Å². The summed E-state index contributed by atoms with van der Waals surface area (Å²) in [6.45, 7) is 2.03. The molecule has 0 aliphatic rings. The third-order valence-corrected chi connectivity index (χ3v) is 4.89. The molecule has 96 valence electrons. The summed E-state index contributed by atoms with van der Waals surface area (Å²) in [5.41, 5.74) is 3.30. The molecule has 0 spiro atoms. The maximum absolute atomic E-state index is 4.68. The Morgan fingerprint density at radius 1 is 1.05 bits per heavy atom. The van der Waals surface area contributed by atoms with E-state index in [4.69, 9.17) is 0 Å². The number of nitrogens with zero attached hydrogens (tertiary/aromatic N) is 2. The molecular formula is C14H11BrN2S2. The summed E-state index contributed by atoms with van der Waals surface area (Å²) in [6.07, 6.45) is 0.825. The predicted molar refractivity (Wildman–Crippen MR) is 84.9 cm³/mol. The van der Waals surface area contributed by atoms with Crippen molar-refractivity contribution in [3.05, 3.63) is 55.2 Å². The van der Waals surface area contributed by atoms with Gasteiger partial charge in [-0.05, 0) is 19.1 Å². The minimum Gasteiger partial charge on any atom is -0.246 e. The van der Waals surface area contributed by atoms with Crippen LogP contribution in [-0.4, -0.2) is 9.97 Å². The molecule has 0 bridgehead atoms. The van der Waals surface area contributed by atoms with E-state index in [1.54, 1.807) is 22.7 Å². The van der Waals surface area contributed by atoms with Gasteiger partial charge in [0.05, 0.1) is 21.4 Å². The summed E-state index contributed by atoms with van der Waals surface area (Å²) < 4.78 is 1.09. The fraction of sp³-hybridized carbons (Fsp3) is 0.143. The second kappa shape index (κ2) is 5.53. The number of hydrogen-bond acceptors (Lipinski definition) is 4. The van der Waals surface area contributed by atoms with E-state index in [0.717, 1.165) is 37.9 Å². The average Bonchev–Trinajstić information content (AvgIpc) is 3.00. The van der Waals surface area contributed by atoms with Crippen molar-refractivity contribution in [3.63, 3.8) is 0 Å². The van der Waals surface area contributed by atoms with E-state index in [1.807, 2.05) is 19.1 Å². The smallest absolute Gasteiger partial charge is 0.0992 e. The molecule has 2 heterocycles. The lowest BCUT2D eigenvalue weighted by Crippen LogP contribution is -1.88. The van der Waals surface area contributed by atoms with Gasteiger partial charge in [-0.25, -0.2) is 9.97 Å². The number of rotatable bonds is 3. The minimum atomic E-state index is 0.825. The van der Waals surface area contributed by atoms with Crippen molar-refractivity contribution < 1.29 is 0 Å². The molecule has 19 heavy (non-hydrogen) atoms. The summed E-state index contributed by atoms with van der Waals surface area (Å²) in [4.78, 5) is 9.16. The van der Waals surface area contributed by atoms with Crippen LogP contribution in [0.4, 0.5) is 0 Å². The van der Waals surface area contributed by atoms with Gasteiger partial charge < -0.3 is 0 Å². The Balaban J connectivity index is 1.81. The van der Waals surface area contributed by atoms with Crippen LogP contribution in [0.15, 0.2) is 39.5 Å². The third-order valence-electron chi connectivity index (χ3n) is 2.69. The van der Waals surface area contributed by atoms with Crippen LogP contribution in [-0.2, 0) is 6.42 Å². The summed E-state index contributed by atoms with van der Waals surface area (Å²) in [7, 11) is 0. The van der Waals surface area contributed by atoms with E-state index in [1.165, 1.54) is 0 Å². The molecule has 0 radical (unpaired) electrons. The lowest BCUT2D eigenvalue weighted by atomic mass is 10.2. The quantitative estimate of drug-likeness (QED) is 0.669. The van der Waals surface area contributed by atoms with E-state index < -0.39 is 0 Å². The normalized spacial score (nSPS) is 10.8. The SMILES string of the molecule is Cc1nc(Cc2nc(-c3ccc(Br)cc3)cs2)cs1. The van der Waals surface area contributed by atoms with Gasteiger partial charge in [-0.1, -0.05) is 28.1 Å². The first-order valence-corrected chi connectivity index (χ1v) is 8.37. The van der Waals surface area contributed by atoms with Crippen molar-refractivity contribution in [3.8, 4) is 11.3 Å². The molecule has 1 aromatic carbocycles. The number of aromatic nitrogens is 2. The van der Waals surface area contributed by atoms with Gasteiger partial charge in [-0.2, -0.15) is 0 Å². The molecule has 0 N–H and O–H groups in total. The number of benzene rings is 1. The molecule has 2 nitrogen and oxygen atoms in total. The summed E-state index contributed by atoms with van der Waals surface area (Å²) in [6, 6.07) is 8.24. The maximum atomic E-state index is 4.68. The van der Waals surface area contributed by atoms with Crippen LogP contribution < -0.4 is 0 Å².